The van der Waals surface area contributed by atoms with Gasteiger partial charge in [-0.25, -0.2) is 13.3 Å². The number of hydrogen-bond donors (Lipinski definition) is 2. The molecule has 0 radical (unpaired) electrons. The number of anilines is 2. The summed E-state index contributed by atoms with van der Waals surface area (Å²) >= 11 is 0. The lowest BCUT2D eigenvalue weighted by Gasteiger charge is -2.44. The summed E-state index contributed by atoms with van der Waals surface area (Å²) in [5, 5.41) is 11.7. The normalized spacial score (nSPS) is 23.8. The number of alkyl halides is 3. The van der Waals surface area contributed by atoms with Gasteiger partial charge in [0.1, 0.15) is 15.7 Å². The average Bonchev–Trinajstić information content (AvgIpc) is 3.76. The molecule has 0 amide bonds. The average molecular weight is 576 g/mol. The fraction of sp³-hybridized carbons (Fsp3) is 0.357. The summed E-state index contributed by atoms with van der Waals surface area (Å²) in [4.78, 5) is 2.16. The Morgan fingerprint density at radius 3 is 2.20 bits per heavy atom. The molecular weight excluding hydrogens is 547 g/mol. The van der Waals surface area contributed by atoms with E-state index >= 15 is 0 Å². The van der Waals surface area contributed by atoms with Gasteiger partial charge >= 0.3 is 6.36 Å². The van der Waals surface area contributed by atoms with E-state index in [0.717, 1.165) is 36.3 Å². The highest BCUT2D eigenvalue weighted by Crippen LogP contribution is 2.48. The summed E-state index contributed by atoms with van der Waals surface area (Å²) < 4.78 is 75.7. The van der Waals surface area contributed by atoms with E-state index in [1.165, 1.54) is 12.1 Å². The topological polar surface area (TPSA) is 92.6 Å². The van der Waals surface area contributed by atoms with Gasteiger partial charge in [0.2, 0.25) is 0 Å². The third-order valence-corrected chi connectivity index (χ3v) is 9.14. The van der Waals surface area contributed by atoms with Crippen molar-refractivity contribution in [3.05, 3.63) is 72.8 Å². The van der Waals surface area contributed by atoms with Gasteiger partial charge in [-0.2, -0.15) is 0 Å². The second-order valence-corrected chi connectivity index (χ2v) is 12.0. The number of ether oxygens (including phenoxy) is 3. The van der Waals surface area contributed by atoms with E-state index in [-0.39, 0.29) is 18.1 Å². The summed E-state index contributed by atoms with van der Waals surface area (Å²) in [7, 11) is -3.34. The molecule has 12 heteroatoms. The fourth-order valence-corrected chi connectivity index (χ4v) is 6.83. The summed E-state index contributed by atoms with van der Waals surface area (Å²) in [6.07, 6.45) is -3.93. The standard InChI is InChI=1S/C28H28F3N3O5S/c29-28(30,31)39-19-11-13-20(14-12-19)40(36,32-15-18-9-10-18)33-21-16-37-17-24(27(21)35)34-22-5-1-3-7-25(22)38-26-8-4-2-6-23(26)34/h1-8,11-14,18,21,24,27,35H,9-10,15-17H2,(H,32,33,36)/t21-,24-,27+,40?/m0/s1. The van der Waals surface area contributed by atoms with Crippen LogP contribution in [0.4, 0.5) is 24.5 Å². The van der Waals surface area contributed by atoms with Crippen molar-refractivity contribution < 1.29 is 36.7 Å². The van der Waals surface area contributed by atoms with E-state index in [9.17, 15) is 22.5 Å². The van der Waals surface area contributed by atoms with Crippen molar-refractivity contribution in [2.45, 2.75) is 42.3 Å². The first kappa shape index (κ1) is 26.9. The fourth-order valence-electron chi connectivity index (χ4n) is 4.92. The molecule has 6 rings (SSSR count). The number of benzene rings is 3. The Labute approximate surface area is 230 Å². The molecule has 40 heavy (non-hydrogen) atoms. The first-order valence-electron chi connectivity index (χ1n) is 13.0. The van der Waals surface area contributed by atoms with Crippen LogP contribution in [0, 0.1) is 5.92 Å². The maximum atomic E-state index is 14.3. The van der Waals surface area contributed by atoms with Crippen LogP contribution in [0.5, 0.6) is 17.2 Å². The maximum absolute atomic E-state index is 14.3. The van der Waals surface area contributed by atoms with E-state index < -0.39 is 40.2 Å². The number of aliphatic hydroxyl groups is 1. The largest absolute Gasteiger partial charge is 0.573 e. The molecule has 0 bridgehead atoms. The Morgan fingerprint density at radius 1 is 0.975 bits per heavy atom. The minimum Gasteiger partial charge on any atom is -0.453 e. The number of halogens is 3. The van der Waals surface area contributed by atoms with Gasteiger partial charge in [0.15, 0.2) is 11.5 Å². The highest BCUT2D eigenvalue weighted by atomic mass is 32.2. The van der Waals surface area contributed by atoms with Gasteiger partial charge in [-0.3, -0.25) is 0 Å². The predicted octanol–water partition coefficient (Wildman–Crippen LogP) is 5.40. The van der Waals surface area contributed by atoms with Crippen molar-refractivity contribution in [1.29, 1.82) is 0 Å². The molecule has 0 spiro atoms. The minimum atomic E-state index is -4.84. The molecule has 2 heterocycles. The lowest BCUT2D eigenvalue weighted by atomic mass is 9.98. The number of fused-ring (bicyclic) bond motifs is 2. The van der Waals surface area contributed by atoms with E-state index in [1.807, 2.05) is 53.4 Å². The Morgan fingerprint density at radius 2 is 1.60 bits per heavy atom. The molecule has 8 nitrogen and oxygen atoms in total. The summed E-state index contributed by atoms with van der Waals surface area (Å²) in [6.45, 7) is 0.604. The molecule has 212 valence electrons. The van der Waals surface area contributed by atoms with Crippen LogP contribution in [0.2, 0.25) is 0 Å². The van der Waals surface area contributed by atoms with Crippen molar-refractivity contribution >= 4 is 21.3 Å². The predicted molar refractivity (Wildman–Crippen MR) is 142 cm³/mol. The Bertz CT molecular complexity index is 1440. The van der Waals surface area contributed by atoms with Gasteiger partial charge in [0.05, 0.1) is 54.2 Å². The second kappa shape index (κ2) is 10.6. The van der Waals surface area contributed by atoms with Crippen LogP contribution in [0.1, 0.15) is 12.8 Å². The molecule has 4 atom stereocenters. The van der Waals surface area contributed by atoms with Crippen molar-refractivity contribution in [3.63, 3.8) is 0 Å². The second-order valence-electron chi connectivity index (χ2n) is 10.0. The zero-order valence-electron chi connectivity index (χ0n) is 21.3. The highest BCUT2D eigenvalue weighted by molar-refractivity contribution is 7.91. The van der Waals surface area contributed by atoms with Crippen LogP contribution in [0.3, 0.4) is 0 Å². The Kier molecular flexibility index (Phi) is 7.11. The molecule has 1 saturated heterocycles. The molecule has 1 aliphatic carbocycles. The van der Waals surface area contributed by atoms with Crippen LogP contribution in [-0.4, -0.2) is 53.6 Å². The van der Waals surface area contributed by atoms with Crippen molar-refractivity contribution in [3.8, 4) is 17.2 Å². The monoisotopic (exact) mass is 575 g/mol. The summed E-state index contributed by atoms with van der Waals surface area (Å²) in [5.74, 6) is 1.16. The molecular formula is C28H28F3N3O5S. The van der Waals surface area contributed by atoms with Crippen LogP contribution >= 0.6 is 0 Å². The molecule has 3 aromatic rings. The number of para-hydroxylation sites is 4. The van der Waals surface area contributed by atoms with Gasteiger partial charge in [-0.15, -0.1) is 13.2 Å². The molecule has 2 aliphatic heterocycles. The third-order valence-electron chi connectivity index (χ3n) is 7.09. The number of nitrogens with one attached hydrogen (secondary N) is 1. The number of nitrogens with zero attached hydrogens (tertiary/aromatic N) is 2. The molecule has 0 aromatic heterocycles. The SMILES string of the molecule is O=S(=NCC1CC1)(N[C@H]1COC[C@H](N2c3ccccc3Oc3ccccc32)[C@@H]1O)c1ccc(OC(F)(F)F)cc1. The molecule has 3 aromatic carbocycles. The molecule has 1 unspecified atom stereocenters. The quantitative estimate of drug-likeness (QED) is 0.392. The zero-order chi connectivity index (χ0) is 27.9. The molecule has 1 saturated carbocycles. The van der Waals surface area contributed by atoms with Crippen molar-refractivity contribution in [1.82, 2.24) is 4.72 Å². The van der Waals surface area contributed by atoms with Gasteiger partial charge in [0, 0.05) is 0 Å². The van der Waals surface area contributed by atoms with E-state index in [1.54, 1.807) is 0 Å². The Balaban J connectivity index is 1.30. The summed E-state index contributed by atoms with van der Waals surface area (Å²) in [6, 6.07) is 18.4. The third kappa shape index (κ3) is 5.62. The molecule has 2 N–H and O–H groups in total. The summed E-state index contributed by atoms with van der Waals surface area (Å²) in [5.41, 5.74) is 1.52. The molecule has 2 fully saturated rings. The number of rotatable bonds is 7. The first-order valence-corrected chi connectivity index (χ1v) is 14.5. The van der Waals surface area contributed by atoms with E-state index in [4.69, 9.17) is 9.47 Å². The van der Waals surface area contributed by atoms with Gasteiger partial charge < -0.3 is 24.2 Å². The number of aliphatic hydroxyl groups excluding tert-OH is 1. The van der Waals surface area contributed by atoms with Crippen molar-refractivity contribution in [2.75, 3.05) is 24.7 Å². The maximum Gasteiger partial charge on any atom is 0.573 e. The first-order chi connectivity index (χ1) is 19.2. The molecule has 3 aliphatic rings. The van der Waals surface area contributed by atoms with Crippen LogP contribution < -0.4 is 19.1 Å². The van der Waals surface area contributed by atoms with Gasteiger partial charge in [-0.1, -0.05) is 24.3 Å². The minimum absolute atomic E-state index is 0.0660. The van der Waals surface area contributed by atoms with Crippen LogP contribution in [0.25, 0.3) is 0 Å². The lowest BCUT2D eigenvalue weighted by molar-refractivity contribution is -0.274. The van der Waals surface area contributed by atoms with E-state index in [2.05, 4.69) is 13.8 Å². The van der Waals surface area contributed by atoms with E-state index in [0.29, 0.717) is 24.0 Å². The Hall–Kier alpha value is -3.32. The van der Waals surface area contributed by atoms with Crippen LogP contribution in [0.15, 0.2) is 82.1 Å². The zero-order valence-corrected chi connectivity index (χ0v) is 22.1. The van der Waals surface area contributed by atoms with Crippen molar-refractivity contribution in [2.24, 2.45) is 10.3 Å². The smallest absolute Gasteiger partial charge is 0.453 e. The highest BCUT2D eigenvalue weighted by Gasteiger charge is 2.42. The van der Waals surface area contributed by atoms with Gasteiger partial charge in [-0.05, 0) is 67.3 Å². The van der Waals surface area contributed by atoms with Gasteiger partial charge in [0.25, 0.3) is 0 Å². The van der Waals surface area contributed by atoms with Crippen LogP contribution in [-0.2, 0) is 14.7 Å². The lowest BCUT2D eigenvalue weighted by Crippen LogP contribution is -2.60. The number of hydrogen-bond acceptors (Lipinski definition) is 7.